The van der Waals surface area contributed by atoms with Gasteiger partial charge in [0.2, 0.25) is 5.76 Å². The van der Waals surface area contributed by atoms with Crippen LogP contribution in [0.3, 0.4) is 0 Å². The number of hydrogen-bond acceptors (Lipinski definition) is 5. The molecule has 6 nitrogen and oxygen atoms in total. The maximum atomic E-state index is 13.4. The fraction of sp³-hybridized carbons (Fsp3) is 0.360. The second-order valence-electron chi connectivity index (χ2n) is 8.48. The Morgan fingerprint density at radius 2 is 1.87 bits per heavy atom. The Morgan fingerprint density at radius 3 is 2.58 bits per heavy atom. The lowest BCUT2D eigenvalue weighted by Crippen LogP contribution is -2.22. The first-order valence-corrected chi connectivity index (χ1v) is 10.5. The highest BCUT2D eigenvalue weighted by Crippen LogP contribution is 2.36. The second kappa shape index (κ2) is 8.10. The van der Waals surface area contributed by atoms with Gasteiger partial charge < -0.3 is 19.2 Å². The molecule has 2 heterocycles. The molecule has 2 aromatic carbocycles. The molecule has 1 aromatic heterocycles. The second-order valence-corrected chi connectivity index (χ2v) is 8.48. The summed E-state index contributed by atoms with van der Waals surface area (Å²) >= 11 is 0. The van der Waals surface area contributed by atoms with Crippen molar-refractivity contribution in [2.75, 3.05) is 13.7 Å². The highest BCUT2D eigenvalue weighted by atomic mass is 16.5. The third kappa shape index (κ3) is 3.78. The zero-order chi connectivity index (χ0) is 22.3. The molecule has 4 rings (SSSR count). The van der Waals surface area contributed by atoms with E-state index in [0.717, 1.165) is 23.1 Å². The predicted molar refractivity (Wildman–Crippen MR) is 119 cm³/mol. The van der Waals surface area contributed by atoms with Gasteiger partial charge in [-0.05, 0) is 61.1 Å². The van der Waals surface area contributed by atoms with Gasteiger partial charge in [0.1, 0.15) is 5.58 Å². The molecule has 0 aliphatic carbocycles. The van der Waals surface area contributed by atoms with E-state index in [2.05, 4.69) is 19.2 Å². The summed E-state index contributed by atoms with van der Waals surface area (Å²) in [5, 5.41) is 3.37. The number of aryl methyl sites for hydroxylation is 2. The van der Waals surface area contributed by atoms with E-state index in [-0.39, 0.29) is 11.2 Å². The summed E-state index contributed by atoms with van der Waals surface area (Å²) in [6.45, 7) is 8.68. The maximum Gasteiger partial charge on any atom is 0.288 e. The average Bonchev–Trinajstić information content (AvgIpc) is 3.05. The lowest BCUT2D eigenvalue weighted by molar-refractivity contribution is 0.0938. The minimum atomic E-state index is -0.609. The molecule has 0 bridgehead atoms. The number of methoxy groups -OCH3 is 1. The number of ether oxygens (including phenoxy) is 2. The van der Waals surface area contributed by atoms with Gasteiger partial charge >= 0.3 is 0 Å². The van der Waals surface area contributed by atoms with Crippen molar-refractivity contribution in [1.82, 2.24) is 5.32 Å². The Hall–Kier alpha value is -3.28. The Bertz CT molecular complexity index is 1220. The van der Waals surface area contributed by atoms with Crippen LogP contribution in [0.2, 0.25) is 0 Å². The molecule has 1 aliphatic rings. The summed E-state index contributed by atoms with van der Waals surface area (Å²) < 4.78 is 17.3. The highest BCUT2D eigenvalue weighted by molar-refractivity contribution is 5.99. The quantitative estimate of drug-likeness (QED) is 0.625. The van der Waals surface area contributed by atoms with Gasteiger partial charge in [0.25, 0.3) is 5.91 Å². The standard InChI is InChI=1S/C25H27NO5/c1-13(2)8-9-30-18-7-6-16(12-19(18)29-5)21-20-22(27)17-11-14(3)10-15(4)23(17)31-24(20)25(28)26-21/h6-7,10-13,21H,8-9H2,1-5H3,(H,26,28). The van der Waals surface area contributed by atoms with Gasteiger partial charge in [-0.3, -0.25) is 9.59 Å². The average molecular weight is 421 g/mol. The third-order valence-corrected chi connectivity index (χ3v) is 5.60. The van der Waals surface area contributed by atoms with Crippen LogP contribution in [0.4, 0.5) is 0 Å². The van der Waals surface area contributed by atoms with Crippen LogP contribution in [0.5, 0.6) is 11.5 Å². The number of carbonyl (C=O) groups excluding carboxylic acids is 1. The number of fused-ring (bicyclic) bond motifs is 2. The fourth-order valence-corrected chi connectivity index (χ4v) is 4.00. The summed E-state index contributed by atoms with van der Waals surface area (Å²) in [6, 6.07) is 8.59. The summed E-state index contributed by atoms with van der Waals surface area (Å²) in [6.07, 6.45) is 0.934. The van der Waals surface area contributed by atoms with Crippen molar-refractivity contribution in [1.29, 1.82) is 0 Å². The van der Waals surface area contributed by atoms with Crippen LogP contribution < -0.4 is 20.2 Å². The topological polar surface area (TPSA) is 77.8 Å². The first-order valence-electron chi connectivity index (χ1n) is 10.5. The molecule has 1 amide bonds. The zero-order valence-corrected chi connectivity index (χ0v) is 18.5. The van der Waals surface area contributed by atoms with Crippen molar-refractivity contribution < 1.29 is 18.7 Å². The largest absolute Gasteiger partial charge is 0.493 e. The van der Waals surface area contributed by atoms with Crippen LogP contribution in [0, 0.1) is 19.8 Å². The molecule has 6 heteroatoms. The van der Waals surface area contributed by atoms with Crippen LogP contribution in [0.15, 0.2) is 39.5 Å². The monoisotopic (exact) mass is 421 g/mol. The molecule has 31 heavy (non-hydrogen) atoms. The number of nitrogens with one attached hydrogen (secondary N) is 1. The van der Waals surface area contributed by atoms with Crippen molar-refractivity contribution >= 4 is 16.9 Å². The van der Waals surface area contributed by atoms with Crippen LogP contribution in [-0.2, 0) is 0 Å². The van der Waals surface area contributed by atoms with Crippen LogP contribution in [-0.4, -0.2) is 19.6 Å². The molecule has 162 valence electrons. The molecule has 1 N–H and O–H groups in total. The van der Waals surface area contributed by atoms with Crippen molar-refractivity contribution in [3.05, 3.63) is 68.6 Å². The van der Waals surface area contributed by atoms with E-state index in [1.165, 1.54) is 0 Å². The zero-order valence-electron chi connectivity index (χ0n) is 18.5. The van der Waals surface area contributed by atoms with Gasteiger partial charge in [-0.15, -0.1) is 0 Å². The lowest BCUT2D eigenvalue weighted by atomic mass is 9.97. The molecule has 1 aliphatic heterocycles. The number of carbonyl (C=O) groups is 1. The first-order chi connectivity index (χ1) is 14.8. The molecule has 0 fully saturated rings. The molecule has 1 unspecified atom stereocenters. The number of amides is 1. The van der Waals surface area contributed by atoms with Crippen LogP contribution in [0.1, 0.15) is 59.1 Å². The summed E-state index contributed by atoms with van der Waals surface area (Å²) in [5.74, 6) is 1.41. The number of hydrogen-bond donors (Lipinski definition) is 1. The van der Waals surface area contributed by atoms with Gasteiger partial charge in [-0.1, -0.05) is 26.0 Å². The number of rotatable bonds is 6. The molecule has 3 aromatic rings. The van der Waals surface area contributed by atoms with Gasteiger partial charge in [-0.2, -0.15) is 0 Å². The van der Waals surface area contributed by atoms with E-state index in [1.54, 1.807) is 19.2 Å². The van der Waals surface area contributed by atoms with Gasteiger partial charge in [0.15, 0.2) is 16.9 Å². The normalized spacial score (nSPS) is 15.3. The predicted octanol–water partition coefficient (Wildman–Crippen LogP) is 4.68. The smallest absolute Gasteiger partial charge is 0.288 e. The van der Waals surface area contributed by atoms with Gasteiger partial charge in [-0.25, -0.2) is 0 Å². The van der Waals surface area contributed by atoms with Gasteiger partial charge in [0.05, 0.1) is 30.7 Å². The van der Waals surface area contributed by atoms with E-state index >= 15 is 0 Å². The summed E-state index contributed by atoms with van der Waals surface area (Å²) in [5.41, 5.74) is 3.12. The Labute approximate surface area is 181 Å². The Balaban J connectivity index is 1.77. The van der Waals surface area contributed by atoms with E-state index in [9.17, 15) is 9.59 Å². The minimum absolute atomic E-state index is 0.0747. The fourth-order valence-electron chi connectivity index (χ4n) is 4.00. The highest BCUT2D eigenvalue weighted by Gasteiger charge is 2.36. The molecule has 0 radical (unpaired) electrons. The molecule has 0 saturated heterocycles. The summed E-state index contributed by atoms with van der Waals surface area (Å²) in [4.78, 5) is 26.0. The van der Waals surface area contributed by atoms with Crippen molar-refractivity contribution in [2.45, 2.75) is 40.2 Å². The maximum absolute atomic E-state index is 13.4. The van der Waals surface area contributed by atoms with E-state index in [1.807, 2.05) is 32.0 Å². The van der Waals surface area contributed by atoms with Crippen molar-refractivity contribution in [3.8, 4) is 11.5 Å². The van der Waals surface area contributed by atoms with Crippen molar-refractivity contribution in [2.24, 2.45) is 5.92 Å². The third-order valence-electron chi connectivity index (χ3n) is 5.60. The Morgan fingerprint density at radius 1 is 1.10 bits per heavy atom. The van der Waals surface area contributed by atoms with E-state index in [0.29, 0.717) is 40.6 Å². The van der Waals surface area contributed by atoms with E-state index in [4.69, 9.17) is 13.9 Å². The lowest BCUT2D eigenvalue weighted by Gasteiger charge is -2.16. The molecule has 0 saturated carbocycles. The molecule has 0 spiro atoms. The minimum Gasteiger partial charge on any atom is -0.493 e. The van der Waals surface area contributed by atoms with Gasteiger partial charge in [0, 0.05) is 0 Å². The van der Waals surface area contributed by atoms with Crippen molar-refractivity contribution in [3.63, 3.8) is 0 Å². The van der Waals surface area contributed by atoms with E-state index < -0.39 is 11.9 Å². The van der Waals surface area contributed by atoms with Crippen LogP contribution >= 0.6 is 0 Å². The van der Waals surface area contributed by atoms with Crippen LogP contribution in [0.25, 0.3) is 11.0 Å². The molecular formula is C25H27NO5. The molecule has 1 atom stereocenters. The first kappa shape index (κ1) is 21.0. The molecular weight excluding hydrogens is 394 g/mol. The number of benzene rings is 2. The Kier molecular flexibility index (Phi) is 5.48. The summed E-state index contributed by atoms with van der Waals surface area (Å²) in [7, 11) is 1.57. The SMILES string of the molecule is COc1cc(C2NC(=O)c3oc4c(C)cc(C)cc4c(=O)c32)ccc1OCCC(C)C.